The van der Waals surface area contributed by atoms with Gasteiger partial charge in [0.25, 0.3) is 0 Å². The lowest BCUT2D eigenvalue weighted by Crippen LogP contribution is -2.41. The van der Waals surface area contributed by atoms with E-state index in [1.54, 1.807) is 4.90 Å². The SMILES string of the molecule is CN(C)C[C@@H](NC(=O)CN1CCCC1=O)c1ccc(Cl)cc1. The Morgan fingerprint density at radius 2 is 2.05 bits per heavy atom. The molecule has 22 heavy (non-hydrogen) atoms. The summed E-state index contributed by atoms with van der Waals surface area (Å²) in [5.41, 5.74) is 0.999. The highest BCUT2D eigenvalue weighted by Crippen LogP contribution is 2.17. The van der Waals surface area contributed by atoms with Gasteiger partial charge in [-0.05, 0) is 38.2 Å². The quantitative estimate of drug-likeness (QED) is 0.866. The largest absolute Gasteiger partial charge is 0.346 e. The molecule has 0 aliphatic carbocycles. The fourth-order valence-electron chi connectivity index (χ4n) is 2.58. The molecule has 0 saturated carbocycles. The Bertz CT molecular complexity index is 531. The van der Waals surface area contributed by atoms with Gasteiger partial charge in [0.05, 0.1) is 12.6 Å². The number of halogens is 1. The summed E-state index contributed by atoms with van der Waals surface area (Å²) in [5.74, 6) is -0.0668. The molecular weight excluding hydrogens is 302 g/mol. The number of benzene rings is 1. The zero-order valence-electron chi connectivity index (χ0n) is 13.0. The highest BCUT2D eigenvalue weighted by molar-refractivity contribution is 6.30. The number of amides is 2. The minimum absolute atomic E-state index is 0.0609. The van der Waals surface area contributed by atoms with Crippen LogP contribution in [0.1, 0.15) is 24.4 Å². The first kappa shape index (κ1) is 16.8. The third-order valence-electron chi connectivity index (χ3n) is 3.66. The normalized spacial score (nSPS) is 16.2. The summed E-state index contributed by atoms with van der Waals surface area (Å²) in [6.07, 6.45) is 1.38. The molecule has 0 bridgehead atoms. The second-order valence-electron chi connectivity index (χ2n) is 5.85. The molecule has 0 unspecified atom stereocenters. The number of carbonyl (C=O) groups excluding carboxylic acids is 2. The van der Waals surface area contributed by atoms with E-state index in [-0.39, 0.29) is 24.4 Å². The van der Waals surface area contributed by atoms with Gasteiger partial charge in [-0.3, -0.25) is 9.59 Å². The number of likely N-dealkylation sites (tertiary alicyclic amines) is 1. The van der Waals surface area contributed by atoms with Crippen LogP contribution in [0, 0.1) is 0 Å². The van der Waals surface area contributed by atoms with E-state index in [0.717, 1.165) is 12.0 Å². The van der Waals surface area contributed by atoms with E-state index in [4.69, 9.17) is 11.6 Å². The Labute approximate surface area is 136 Å². The summed E-state index contributed by atoms with van der Waals surface area (Å²) in [7, 11) is 3.91. The van der Waals surface area contributed by atoms with Crippen molar-refractivity contribution in [1.82, 2.24) is 15.1 Å². The van der Waals surface area contributed by atoms with Crippen LogP contribution < -0.4 is 5.32 Å². The third kappa shape index (κ3) is 4.71. The summed E-state index contributed by atoms with van der Waals surface area (Å²) in [5, 5.41) is 3.68. The maximum atomic E-state index is 12.2. The molecule has 1 fully saturated rings. The first-order valence-electron chi connectivity index (χ1n) is 7.43. The second kappa shape index (κ2) is 7.61. The summed E-state index contributed by atoms with van der Waals surface area (Å²) in [6.45, 7) is 1.49. The topological polar surface area (TPSA) is 52.7 Å². The Morgan fingerprint density at radius 3 is 2.59 bits per heavy atom. The fraction of sp³-hybridized carbons (Fsp3) is 0.500. The molecule has 0 radical (unpaired) electrons. The van der Waals surface area contributed by atoms with Crippen LogP contribution in [0.3, 0.4) is 0 Å². The Morgan fingerprint density at radius 1 is 1.36 bits per heavy atom. The number of rotatable bonds is 6. The summed E-state index contributed by atoms with van der Waals surface area (Å²) in [6, 6.07) is 7.33. The van der Waals surface area contributed by atoms with E-state index < -0.39 is 0 Å². The van der Waals surface area contributed by atoms with Crippen molar-refractivity contribution in [2.24, 2.45) is 0 Å². The van der Waals surface area contributed by atoms with Gasteiger partial charge in [-0.25, -0.2) is 0 Å². The highest BCUT2D eigenvalue weighted by Gasteiger charge is 2.24. The number of hydrogen-bond donors (Lipinski definition) is 1. The van der Waals surface area contributed by atoms with E-state index in [2.05, 4.69) is 5.32 Å². The molecule has 1 aliphatic rings. The maximum absolute atomic E-state index is 12.2. The Kier molecular flexibility index (Phi) is 5.80. The molecule has 5 nitrogen and oxygen atoms in total. The fourth-order valence-corrected chi connectivity index (χ4v) is 2.71. The second-order valence-corrected chi connectivity index (χ2v) is 6.29. The van der Waals surface area contributed by atoms with Crippen molar-refractivity contribution in [2.45, 2.75) is 18.9 Å². The molecule has 1 atom stereocenters. The molecule has 0 aromatic heterocycles. The lowest BCUT2D eigenvalue weighted by molar-refractivity contribution is -0.133. The van der Waals surface area contributed by atoms with Gasteiger partial charge in [-0.15, -0.1) is 0 Å². The van der Waals surface area contributed by atoms with Crippen LogP contribution >= 0.6 is 11.6 Å². The lowest BCUT2D eigenvalue weighted by Gasteiger charge is -2.24. The number of likely N-dealkylation sites (N-methyl/N-ethyl adjacent to an activating group) is 1. The zero-order chi connectivity index (χ0) is 16.1. The summed E-state index contributed by atoms with van der Waals surface area (Å²) in [4.78, 5) is 27.5. The zero-order valence-corrected chi connectivity index (χ0v) is 13.8. The van der Waals surface area contributed by atoms with Crippen LogP contribution in [0.15, 0.2) is 24.3 Å². The monoisotopic (exact) mass is 323 g/mol. The first-order valence-corrected chi connectivity index (χ1v) is 7.81. The molecule has 1 aromatic rings. The van der Waals surface area contributed by atoms with Crippen molar-refractivity contribution < 1.29 is 9.59 Å². The number of hydrogen-bond acceptors (Lipinski definition) is 3. The van der Waals surface area contributed by atoms with E-state index in [9.17, 15) is 9.59 Å². The van der Waals surface area contributed by atoms with E-state index in [0.29, 0.717) is 24.5 Å². The smallest absolute Gasteiger partial charge is 0.240 e. The molecular formula is C16H22ClN3O2. The van der Waals surface area contributed by atoms with E-state index in [1.165, 1.54) is 0 Å². The Hall–Kier alpha value is -1.59. The van der Waals surface area contributed by atoms with Crippen molar-refractivity contribution in [3.05, 3.63) is 34.9 Å². The highest BCUT2D eigenvalue weighted by atomic mass is 35.5. The van der Waals surface area contributed by atoms with Gasteiger partial charge in [0.2, 0.25) is 11.8 Å². The molecule has 1 aliphatic heterocycles. The van der Waals surface area contributed by atoms with Gasteiger partial charge in [0.15, 0.2) is 0 Å². The van der Waals surface area contributed by atoms with Gasteiger partial charge in [-0.1, -0.05) is 23.7 Å². The molecule has 1 saturated heterocycles. The number of carbonyl (C=O) groups is 2. The molecule has 1 aromatic carbocycles. The predicted octanol–water partition coefficient (Wildman–Crippen LogP) is 1.68. The number of nitrogens with zero attached hydrogens (tertiary/aromatic N) is 2. The van der Waals surface area contributed by atoms with Crippen LogP contribution in [-0.4, -0.2) is 55.3 Å². The van der Waals surface area contributed by atoms with Gasteiger partial charge in [-0.2, -0.15) is 0 Å². The van der Waals surface area contributed by atoms with Crippen LogP contribution in [0.25, 0.3) is 0 Å². The van der Waals surface area contributed by atoms with Crippen molar-refractivity contribution >= 4 is 23.4 Å². The van der Waals surface area contributed by atoms with Crippen molar-refractivity contribution in [1.29, 1.82) is 0 Å². The number of nitrogens with one attached hydrogen (secondary N) is 1. The van der Waals surface area contributed by atoms with Crippen molar-refractivity contribution in [2.75, 3.05) is 33.7 Å². The Balaban J connectivity index is 2.01. The minimum Gasteiger partial charge on any atom is -0.346 e. The molecule has 0 spiro atoms. The van der Waals surface area contributed by atoms with Crippen molar-refractivity contribution in [3.63, 3.8) is 0 Å². The summed E-state index contributed by atoms with van der Waals surface area (Å²) >= 11 is 5.92. The molecule has 2 rings (SSSR count). The van der Waals surface area contributed by atoms with Crippen molar-refractivity contribution in [3.8, 4) is 0 Å². The van der Waals surface area contributed by atoms with Gasteiger partial charge in [0.1, 0.15) is 0 Å². The van der Waals surface area contributed by atoms with Crippen LogP contribution in [0.4, 0.5) is 0 Å². The molecule has 1 N–H and O–H groups in total. The molecule has 1 heterocycles. The lowest BCUT2D eigenvalue weighted by atomic mass is 10.1. The van der Waals surface area contributed by atoms with Gasteiger partial charge in [0, 0.05) is 24.5 Å². The molecule has 6 heteroatoms. The van der Waals surface area contributed by atoms with Gasteiger partial charge < -0.3 is 15.1 Å². The van der Waals surface area contributed by atoms with Crippen LogP contribution in [0.2, 0.25) is 5.02 Å². The van der Waals surface area contributed by atoms with Crippen LogP contribution in [0.5, 0.6) is 0 Å². The van der Waals surface area contributed by atoms with E-state index in [1.807, 2.05) is 43.3 Å². The minimum atomic E-state index is -0.128. The van der Waals surface area contributed by atoms with Crippen LogP contribution in [-0.2, 0) is 9.59 Å². The molecule has 120 valence electrons. The first-order chi connectivity index (χ1) is 10.5. The van der Waals surface area contributed by atoms with Gasteiger partial charge >= 0.3 is 0 Å². The average molecular weight is 324 g/mol. The third-order valence-corrected chi connectivity index (χ3v) is 3.91. The summed E-state index contributed by atoms with van der Waals surface area (Å²) < 4.78 is 0. The van der Waals surface area contributed by atoms with E-state index >= 15 is 0 Å². The molecule has 2 amide bonds. The standard InChI is InChI=1S/C16H22ClN3O2/c1-19(2)10-14(12-5-7-13(17)8-6-12)18-15(21)11-20-9-3-4-16(20)22/h5-8,14H,3-4,9-11H2,1-2H3,(H,18,21)/t14-/m1/s1. The predicted molar refractivity (Wildman–Crippen MR) is 86.7 cm³/mol. The maximum Gasteiger partial charge on any atom is 0.240 e. The average Bonchev–Trinajstić information content (AvgIpc) is 2.84.